The SMILES string of the molecule is O=C(NCCc1ccsc1)c1cncc(C#CCCO)c1. The van der Waals surface area contributed by atoms with Crippen LogP contribution in [0.15, 0.2) is 35.3 Å². The monoisotopic (exact) mass is 300 g/mol. The Labute approximate surface area is 127 Å². The van der Waals surface area contributed by atoms with Gasteiger partial charge in [-0.05, 0) is 34.9 Å². The van der Waals surface area contributed by atoms with E-state index in [-0.39, 0.29) is 12.5 Å². The van der Waals surface area contributed by atoms with Crippen LogP contribution < -0.4 is 5.32 Å². The van der Waals surface area contributed by atoms with Gasteiger partial charge in [-0.1, -0.05) is 11.8 Å². The van der Waals surface area contributed by atoms with Crippen molar-refractivity contribution in [3.05, 3.63) is 52.0 Å². The largest absolute Gasteiger partial charge is 0.395 e. The third-order valence-electron chi connectivity index (χ3n) is 2.75. The number of nitrogens with one attached hydrogen (secondary N) is 1. The first-order valence-electron chi connectivity index (χ1n) is 6.63. The van der Waals surface area contributed by atoms with Crippen LogP contribution in [-0.2, 0) is 6.42 Å². The standard InChI is InChI=1S/C16H16N2O2S/c19-7-2-1-3-14-9-15(11-17-10-14)16(20)18-6-4-13-5-8-21-12-13/h5,8-12,19H,2,4,6-7H2,(H,18,20). The van der Waals surface area contributed by atoms with Crippen LogP contribution in [0.3, 0.4) is 0 Å². The molecule has 2 aromatic heterocycles. The topological polar surface area (TPSA) is 62.2 Å². The van der Waals surface area contributed by atoms with Crippen molar-refractivity contribution in [2.75, 3.05) is 13.2 Å². The Hall–Kier alpha value is -2.16. The number of nitrogens with zero attached hydrogens (tertiary/aromatic N) is 1. The minimum absolute atomic E-state index is 0.0309. The highest BCUT2D eigenvalue weighted by molar-refractivity contribution is 7.07. The summed E-state index contributed by atoms with van der Waals surface area (Å²) >= 11 is 1.65. The van der Waals surface area contributed by atoms with Crippen molar-refractivity contribution in [3.8, 4) is 11.8 Å². The summed E-state index contributed by atoms with van der Waals surface area (Å²) in [5.74, 6) is 5.53. The van der Waals surface area contributed by atoms with Gasteiger partial charge in [0, 0.05) is 30.9 Å². The van der Waals surface area contributed by atoms with Gasteiger partial charge in [0.05, 0.1) is 12.2 Å². The third kappa shape index (κ3) is 5.03. The van der Waals surface area contributed by atoms with Crippen molar-refractivity contribution in [3.63, 3.8) is 0 Å². The van der Waals surface area contributed by atoms with Crippen molar-refractivity contribution < 1.29 is 9.90 Å². The second kappa shape index (κ2) is 8.20. The highest BCUT2D eigenvalue weighted by atomic mass is 32.1. The van der Waals surface area contributed by atoms with Crippen LogP contribution in [0.4, 0.5) is 0 Å². The molecule has 2 N–H and O–H groups in total. The van der Waals surface area contributed by atoms with Gasteiger partial charge in [0.1, 0.15) is 0 Å². The van der Waals surface area contributed by atoms with Gasteiger partial charge in [-0.25, -0.2) is 0 Å². The predicted octanol–water partition coefficient (Wildman–Crippen LogP) is 1.85. The van der Waals surface area contributed by atoms with Gasteiger partial charge >= 0.3 is 0 Å². The van der Waals surface area contributed by atoms with E-state index in [4.69, 9.17) is 5.11 Å². The zero-order chi connectivity index (χ0) is 14.9. The molecule has 0 spiro atoms. The van der Waals surface area contributed by atoms with Gasteiger partial charge in [-0.3, -0.25) is 9.78 Å². The molecule has 0 bridgehead atoms. The number of hydrogen-bond donors (Lipinski definition) is 2. The molecule has 0 radical (unpaired) electrons. The first-order chi connectivity index (χ1) is 10.3. The molecule has 0 aliphatic heterocycles. The second-order valence-electron chi connectivity index (χ2n) is 4.38. The molecule has 0 aliphatic carbocycles. The van der Waals surface area contributed by atoms with E-state index in [1.54, 1.807) is 23.6 Å². The first kappa shape index (κ1) is 15.2. The number of aliphatic hydroxyl groups excluding tert-OH is 1. The van der Waals surface area contributed by atoms with Gasteiger partial charge in [0.25, 0.3) is 5.91 Å². The van der Waals surface area contributed by atoms with Gasteiger partial charge in [0.2, 0.25) is 0 Å². The molecule has 5 heteroatoms. The quantitative estimate of drug-likeness (QED) is 0.828. The fourth-order valence-corrected chi connectivity index (χ4v) is 2.41. The van der Waals surface area contributed by atoms with Crippen molar-refractivity contribution in [2.24, 2.45) is 0 Å². The van der Waals surface area contributed by atoms with E-state index in [2.05, 4.69) is 33.6 Å². The molecule has 4 nitrogen and oxygen atoms in total. The molecular formula is C16H16N2O2S. The molecular weight excluding hydrogens is 284 g/mol. The molecule has 2 aromatic rings. The summed E-state index contributed by atoms with van der Waals surface area (Å²) < 4.78 is 0. The van der Waals surface area contributed by atoms with Crippen molar-refractivity contribution in [1.82, 2.24) is 10.3 Å². The van der Waals surface area contributed by atoms with Crippen LogP contribution >= 0.6 is 11.3 Å². The van der Waals surface area contributed by atoms with Crippen LogP contribution in [0.2, 0.25) is 0 Å². The molecule has 0 saturated heterocycles. The molecule has 0 atom stereocenters. The zero-order valence-electron chi connectivity index (χ0n) is 11.5. The third-order valence-corrected chi connectivity index (χ3v) is 3.48. The lowest BCUT2D eigenvalue weighted by molar-refractivity contribution is 0.0953. The van der Waals surface area contributed by atoms with E-state index >= 15 is 0 Å². The van der Waals surface area contributed by atoms with Crippen molar-refractivity contribution in [1.29, 1.82) is 0 Å². The van der Waals surface area contributed by atoms with Crippen LogP contribution in [0, 0.1) is 11.8 Å². The smallest absolute Gasteiger partial charge is 0.252 e. The van der Waals surface area contributed by atoms with E-state index in [1.165, 1.54) is 11.8 Å². The lowest BCUT2D eigenvalue weighted by atomic mass is 10.2. The zero-order valence-corrected chi connectivity index (χ0v) is 12.3. The van der Waals surface area contributed by atoms with Gasteiger partial charge in [-0.2, -0.15) is 11.3 Å². The van der Waals surface area contributed by atoms with E-state index in [0.717, 1.165) is 6.42 Å². The van der Waals surface area contributed by atoms with Crippen molar-refractivity contribution >= 4 is 17.2 Å². The minimum Gasteiger partial charge on any atom is -0.395 e. The number of carbonyl (C=O) groups excluding carboxylic acids is 1. The summed E-state index contributed by atoms with van der Waals surface area (Å²) in [6, 6.07) is 3.76. The molecule has 0 aliphatic rings. The lowest BCUT2D eigenvalue weighted by Crippen LogP contribution is -2.25. The van der Waals surface area contributed by atoms with E-state index in [0.29, 0.717) is 24.1 Å². The Morgan fingerprint density at radius 2 is 2.33 bits per heavy atom. The Kier molecular flexibility index (Phi) is 5.95. The normalized spacial score (nSPS) is 9.76. The average molecular weight is 300 g/mol. The van der Waals surface area contributed by atoms with Crippen LogP contribution in [-0.4, -0.2) is 29.1 Å². The molecule has 0 unspecified atom stereocenters. The predicted molar refractivity (Wildman–Crippen MR) is 83.2 cm³/mol. The van der Waals surface area contributed by atoms with Gasteiger partial charge < -0.3 is 10.4 Å². The Bertz CT molecular complexity index is 642. The number of aromatic nitrogens is 1. The molecule has 1 amide bonds. The summed E-state index contributed by atoms with van der Waals surface area (Å²) in [5, 5.41) is 15.6. The summed E-state index contributed by atoms with van der Waals surface area (Å²) in [5.41, 5.74) is 2.40. The number of pyridine rings is 1. The molecule has 0 saturated carbocycles. The first-order valence-corrected chi connectivity index (χ1v) is 7.58. The van der Waals surface area contributed by atoms with Crippen LogP contribution in [0.1, 0.15) is 27.9 Å². The van der Waals surface area contributed by atoms with Crippen LogP contribution in [0.5, 0.6) is 0 Å². The summed E-state index contributed by atoms with van der Waals surface area (Å²) in [4.78, 5) is 16.0. The summed E-state index contributed by atoms with van der Waals surface area (Å²) in [6.07, 6.45) is 4.36. The molecule has 0 aromatic carbocycles. The fraction of sp³-hybridized carbons (Fsp3) is 0.250. The Morgan fingerprint density at radius 3 is 3.10 bits per heavy atom. The number of hydrogen-bond acceptors (Lipinski definition) is 4. The Morgan fingerprint density at radius 1 is 1.43 bits per heavy atom. The number of amides is 1. The van der Waals surface area contributed by atoms with Crippen LogP contribution in [0.25, 0.3) is 0 Å². The molecule has 2 heterocycles. The molecule has 108 valence electrons. The van der Waals surface area contributed by atoms with Gasteiger partial charge in [-0.15, -0.1) is 0 Å². The maximum absolute atomic E-state index is 12.0. The maximum Gasteiger partial charge on any atom is 0.252 e. The van der Waals surface area contributed by atoms with Crippen molar-refractivity contribution in [2.45, 2.75) is 12.8 Å². The number of aliphatic hydroxyl groups is 1. The molecule has 0 fully saturated rings. The van der Waals surface area contributed by atoms with E-state index < -0.39 is 0 Å². The highest BCUT2D eigenvalue weighted by Gasteiger charge is 2.06. The second-order valence-corrected chi connectivity index (χ2v) is 5.16. The Balaban J connectivity index is 1.90. The lowest BCUT2D eigenvalue weighted by Gasteiger charge is -2.04. The molecule has 2 rings (SSSR count). The maximum atomic E-state index is 12.0. The average Bonchev–Trinajstić information content (AvgIpc) is 3.01. The summed E-state index contributed by atoms with van der Waals surface area (Å²) in [7, 11) is 0. The van der Waals surface area contributed by atoms with E-state index in [9.17, 15) is 4.79 Å². The minimum atomic E-state index is -0.150. The highest BCUT2D eigenvalue weighted by Crippen LogP contribution is 2.06. The van der Waals surface area contributed by atoms with Gasteiger partial charge in [0.15, 0.2) is 0 Å². The van der Waals surface area contributed by atoms with E-state index in [1.807, 2.05) is 5.38 Å². The molecule has 21 heavy (non-hydrogen) atoms. The number of rotatable bonds is 5. The fourth-order valence-electron chi connectivity index (χ4n) is 1.71. The number of carbonyl (C=O) groups is 1. The summed E-state index contributed by atoms with van der Waals surface area (Å²) in [6.45, 7) is 0.624. The number of thiophene rings is 1.